The fraction of sp³-hybridized carbons (Fsp3) is 0.933. The molecule has 3 nitrogen and oxygen atoms in total. The first kappa shape index (κ1) is 16.8. The number of rotatable bonds is 9. The van der Waals surface area contributed by atoms with E-state index < -0.39 is 0 Å². The number of nitrogens with zero attached hydrogens (tertiary/aromatic N) is 1. The van der Waals surface area contributed by atoms with Crippen molar-refractivity contribution >= 4 is 17.7 Å². The highest BCUT2D eigenvalue weighted by Crippen LogP contribution is 2.20. The van der Waals surface area contributed by atoms with Crippen molar-refractivity contribution in [3.63, 3.8) is 0 Å². The third kappa shape index (κ3) is 5.35. The van der Waals surface area contributed by atoms with Gasteiger partial charge in [-0.2, -0.15) is 11.8 Å². The summed E-state index contributed by atoms with van der Waals surface area (Å²) in [5.41, 5.74) is 0. The van der Waals surface area contributed by atoms with Gasteiger partial charge in [-0.1, -0.05) is 27.2 Å². The number of unbranched alkanes of at least 4 members (excludes halogenated alkanes) is 1. The second-order valence-corrected chi connectivity index (χ2v) is 6.87. The molecule has 1 aliphatic rings. The van der Waals surface area contributed by atoms with Crippen LogP contribution < -0.4 is 5.32 Å². The van der Waals surface area contributed by atoms with Crippen molar-refractivity contribution in [3.05, 3.63) is 0 Å². The Bertz CT molecular complexity index is 271. The number of thioether (sulfide) groups is 1. The molecule has 1 heterocycles. The fourth-order valence-corrected chi connectivity index (χ4v) is 3.19. The van der Waals surface area contributed by atoms with Gasteiger partial charge in [0.25, 0.3) is 0 Å². The molecule has 0 aliphatic carbocycles. The van der Waals surface area contributed by atoms with Gasteiger partial charge in [-0.15, -0.1) is 0 Å². The summed E-state index contributed by atoms with van der Waals surface area (Å²) in [6.45, 7) is 7.48. The van der Waals surface area contributed by atoms with E-state index in [4.69, 9.17) is 0 Å². The fourth-order valence-electron chi connectivity index (χ4n) is 2.69. The Kier molecular flexibility index (Phi) is 7.84. The summed E-state index contributed by atoms with van der Waals surface area (Å²) in [4.78, 5) is 14.5. The Morgan fingerprint density at radius 2 is 2.11 bits per heavy atom. The van der Waals surface area contributed by atoms with E-state index in [0.29, 0.717) is 11.8 Å². The lowest BCUT2D eigenvalue weighted by atomic mass is 10.0. The zero-order valence-electron chi connectivity index (χ0n) is 12.9. The number of amides is 1. The van der Waals surface area contributed by atoms with Gasteiger partial charge in [0.05, 0.1) is 12.2 Å². The van der Waals surface area contributed by atoms with Gasteiger partial charge in [0.15, 0.2) is 0 Å². The average molecular weight is 286 g/mol. The molecule has 1 saturated heterocycles. The molecule has 1 rings (SSSR count). The zero-order valence-corrected chi connectivity index (χ0v) is 13.8. The van der Waals surface area contributed by atoms with Gasteiger partial charge in [-0.05, 0) is 43.6 Å². The van der Waals surface area contributed by atoms with Crippen molar-refractivity contribution < 1.29 is 4.79 Å². The third-order valence-corrected chi connectivity index (χ3v) is 4.31. The topological polar surface area (TPSA) is 32.3 Å². The first-order valence-electron chi connectivity index (χ1n) is 7.65. The summed E-state index contributed by atoms with van der Waals surface area (Å²) in [6.07, 6.45) is 7.91. The number of nitrogens with one attached hydrogen (secondary N) is 1. The molecule has 0 aromatic rings. The Morgan fingerprint density at radius 1 is 1.37 bits per heavy atom. The van der Waals surface area contributed by atoms with Gasteiger partial charge < -0.3 is 4.90 Å². The normalized spacial score (nSPS) is 23.6. The predicted octanol–water partition coefficient (Wildman–Crippen LogP) is 3.10. The molecule has 112 valence electrons. The van der Waals surface area contributed by atoms with Crippen LogP contribution in [0, 0.1) is 5.92 Å². The average Bonchev–Trinajstić information content (AvgIpc) is 2.62. The molecule has 4 heteroatoms. The smallest absolute Gasteiger partial charge is 0.241 e. The monoisotopic (exact) mass is 286 g/mol. The van der Waals surface area contributed by atoms with E-state index in [2.05, 4.69) is 37.2 Å². The molecular weight excluding hydrogens is 256 g/mol. The molecule has 1 N–H and O–H groups in total. The Balaban J connectivity index is 2.50. The van der Waals surface area contributed by atoms with Crippen LogP contribution in [-0.4, -0.2) is 41.6 Å². The van der Waals surface area contributed by atoms with E-state index in [-0.39, 0.29) is 12.2 Å². The summed E-state index contributed by atoms with van der Waals surface area (Å²) >= 11 is 1.89. The lowest BCUT2D eigenvalue weighted by Crippen LogP contribution is -2.37. The lowest BCUT2D eigenvalue weighted by Gasteiger charge is -2.23. The van der Waals surface area contributed by atoms with E-state index in [1.165, 1.54) is 12.2 Å². The van der Waals surface area contributed by atoms with E-state index >= 15 is 0 Å². The van der Waals surface area contributed by atoms with Crippen molar-refractivity contribution in [3.8, 4) is 0 Å². The van der Waals surface area contributed by atoms with Gasteiger partial charge >= 0.3 is 0 Å². The molecular formula is C15H30N2OS. The maximum Gasteiger partial charge on any atom is 0.241 e. The largest absolute Gasteiger partial charge is 0.326 e. The molecule has 0 bridgehead atoms. The predicted molar refractivity (Wildman–Crippen MR) is 84.4 cm³/mol. The van der Waals surface area contributed by atoms with Crippen molar-refractivity contribution in [2.45, 2.75) is 65.1 Å². The zero-order chi connectivity index (χ0) is 14.3. The SMILES string of the molecule is CCCC1NC(CC(C)C)C(=O)N1CCCCSC. The Hall–Kier alpha value is -0.220. The molecule has 2 atom stereocenters. The van der Waals surface area contributed by atoms with E-state index in [1.807, 2.05) is 11.8 Å². The standard InChI is InChI=1S/C15H30N2OS/c1-5-8-14-16-13(11-12(2)3)15(18)17(14)9-6-7-10-19-4/h12-14,16H,5-11H2,1-4H3. The van der Waals surface area contributed by atoms with Gasteiger partial charge in [-0.3, -0.25) is 10.1 Å². The van der Waals surface area contributed by atoms with Crippen LogP contribution in [0.5, 0.6) is 0 Å². The number of carbonyl (C=O) groups is 1. The number of hydrogen-bond acceptors (Lipinski definition) is 3. The minimum absolute atomic E-state index is 0.0529. The van der Waals surface area contributed by atoms with Crippen molar-refractivity contribution in [1.82, 2.24) is 10.2 Å². The summed E-state index contributed by atoms with van der Waals surface area (Å²) < 4.78 is 0. The van der Waals surface area contributed by atoms with Crippen LogP contribution in [0.3, 0.4) is 0 Å². The van der Waals surface area contributed by atoms with Crippen molar-refractivity contribution in [1.29, 1.82) is 0 Å². The van der Waals surface area contributed by atoms with Crippen LogP contribution in [0.4, 0.5) is 0 Å². The van der Waals surface area contributed by atoms with Gasteiger partial charge in [-0.25, -0.2) is 0 Å². The molecule has 1 aliphatic heterocycles. The maximum atomic E-state index is 12.4. The van der Waals surface area contributed by atoms with Crippen LogP contribution >= 0.6 is 11.8 Å². The highest BCUT2D eigenvalue weighted by Gasteiger charge is 2.37. The quantitative estimate of drug-likeness (QED) is 0.661. The highest BCUT2D eigenvalue weighted by molar-refractivity contribution is 7.98. The van der Waals surface area contributed by atoms with Crippen molar-refractivity contribution in [2.75, 3.05) is 18.6 Å². The van der Waals surface area contributed by atoms with E-state index in [1.54, 1.807) is 0 Å². The lowest BCUT2D eigenvalue weighted by molar-refractivity contribution is -0.130. The first-order chi connectivity index (χ1) is 9.10. The summed E-state index contributed by atoms with van der Waals surface area (Å²) in [5.74, 6) is 2.10. The van der Waals surface area contributed by atoms with Gasteiger partial charge in [0, 0.05) is 6.54 Å². The second-order valence-electron chi connectivity index (χ2n) is 5.88. The summed E-state index contributed by atoms with van der Waals surface area (Å²) in [6, 6.07) is 0.0529. The second kappa shape index (κ2) is 8.85. The van der Waals surface area contributed by atoms with Crippen LogP contribution in [0.15, 0.2) is 0 Å². The number of hydrogen-bond donors (Lipinski definition) is 1. The molecule has 0 saturated carbocycles. The molecule has 1 fully saturated rings. The molecule has 0 radical (unpaired) electrons. The third-order valence-electron chi connectivity index (χ3n) is 3.62. The van der Waals surface area contributed by atoms with E-state index in [0.717, 1.165) is 32.2 Å². The van der Waals surface area contributed by atoms with E-state index in [9.17, 15) is 4.79 Å². The van der Waals surface area contributed by atoms with Crippen LogP contribution in [0.1, 0.15) is 52.9 Å². The van der Waals surface area contributed by atoms with Crippen LogP contribution in [0.25, 0.3) is 0 Å². The summed E-state index contributed by atoms with van der Waals surface area (Å²) in [7, 11) is 0. The Morgan fingerprint density at radius 3 is 2.68 bits per heavy atom. The highest BCUT2D eigenvalue weighted by atomic mass is 32.2. The van der Waals surface area contributed by atoms with Crippen LogP contribution in [-0.2, 0) is 4.79 Å². The molecule has 0 spiro atoms. The van der Waals surface area contributed by atoms with Gasteiger partial charge in [0.2, 0.25) is 5.91 Å². The number of carbonyl (C=O) groups excluding carboxylic acids is 1. The Labute approximate surface area is 122 Å². The van der Waals surface area contributed by atoms with Crippen LogP contribution in [0.2, 0.25) is 0 Å². The molecule has 0 aromatic heterocycles. The van der Waals surface area contributed by atoms with Gasteiger partial charge in [0.1, 0.15) is 0 Å². The maximum absolute atomic E-state index is 12.4. The van der Waals surface area contributed by atoms with Crippen molar-refractivity contribution in [2.24, 2.45) is 5.92 Å². The molecule has 0 aromatic carbocycles. The molecule has 1 amide bonds. The summed E-state index contributed by atoms with van der Waals surface area (Å²) in [5, 5.41) is 3.54. The first-order valence-corrected chi connectivity index (χ1v) is 9.05. The molecule has 2 unspecified atom stereocenters. The minimum atomic E-state index is 0.0529. The molecule has 19 heavy (non-hydrogen) atoms. The minimum Gasteiger partial charge on any atom is -0.326 e.